The minimum atomic E-state index is -0.488. The number of nitrogens with zero attached hydrogens (tertiary/aromatic N) is 3. The number of halogens is 1. The number of anilines is 2. The number of carbonyl (C=O) groups excluding carboxylic acids is 2. The fraction of sp³-hybridized carbons (Fsp3) is 0.278. The smallest absolute Gasteiger partial charge is 0.274 e. The fourth-order valence-corrected chi connectivity index (χ4v) is 2.65. The SMILES string of the molecule is Cc1c(NC(=O)CCN(C)CC(=O)Nc2ccc(Br)cn2)cccc1[N+](=O)[O-]. The Hall–Kier alpha value is -2.85. The van der Waals surface area contributed by atoms with Gasteiger partial charge in [0.05, 0.1) is 22.7 Å². The van der Waals surface area contributed by atoms with Crippen LogP contribution in [0.15, 0.2) is 41.0 Å². The zero-order valence-electron chi connectivity index (χ0n) is 15.4. The average Bonchev–Trinajstić information content (AvgIpc) is 2.63. The van der Waals surface area contributed by atoms with Crippen molar-refractivity contribution in [2.75, 3.05) is 30.8 Å². The maximum absolute atomic E-state index is 12.1. The Labute approximate surface area is 170 Å². The highest BCUT2D eigenvalue weighted by molar-refractivity contribution is 9.10. The summed E-state index contributed by atoms with van der Waals surface area (Å²) in [6.07, 6.45) is 1.72. The van der Waals surface area contributed by atoms with E-state index in [0.717, 1.165) is 4.47 Å². The van der Waals surface area contributed by atoms with E-state index >= 15 is 0 Å². The van der Waals surface area contributed by atoms with Crippen molar-refractivity contribution in [3.8, 4) is 0 Å². The summed E-state index contributed by atoms with van der Waals surface area (Å²) in [6.45, 7) is 2.03. The highest BCUT2D eigenvalue weighted by Crippen LogP contribution is 2.25. The van der Waals surface area contributed by atoms with Gasteiger partial charge in [0.1, 0.15) is 5.82 Å². The molecule has 0 spiro atoms. The summed E-state index contributed by atoms with van der Waals surface area (Å²) in [5.41, 5.74) is 0.754. The first-order valence-electron chi connectivity index (χ1n) is 8.40. The van der Waals surface area contributed by atoms with Crippen molar-refractivity contribution in [2.24, 2.45) is 0 Å². The van der Waals surface area contributed by atoms with Crippen LogP contribution in [0, 0.1) is 17.0 Å². The van der Waals surface area contributed by atoms with Gasteiger partial charge < -0.3 is 10.6 Å². The van der Waals surface area contributed by atoms with Crippen LogP contribution in [0.5, 0.6) is 0 Å². The van der Waals surface area contributed by atoms with Gasteiger partial charge in [-0.3, -0.25) is 24.6 Å². The normalized spacial score (nSPS) is 10.6. The zero-order valence-corrected chi connectivity index (χ0v) is 17.0. The van der Waals surface area contributed by atoms with Gasteiger partial charge in [-0.05, 0) is 48.1 Å². The van der Waals surface area contributed by atoms with E-state index in [1.165, 1.54) is 12.1 Å². The third-order valence-corrected chi connectivity index (χ3v) is 4.37. The molecule has 0 saturated heterocycles. The van der Waals surface area contributed by atoms with Gasteiger partial charge in [-0.15, -0.1) is 0 Å². The molecule has 0 radical (unpaired) electrons. The minimum absolute atomic E-state index is 0.0480. The molecule has 28 heavy (non-hydrogen) atoms. The Kier molecular flexibility index (Phi) is 7.59. The van der Waals surface area contributed by atoms with E-state index < -0.39 is 4.92 Å². The molecule has 1 heterocycles. The number of amides is 2. The molecule has 10 heteroatoms. The third kappa shape index (κ3) is 6.39. The number of likely N-dealkylation sites (N-methyl/N-ethyl adjacent to an activating group) is 1. The second-order valence-electron chi connectivity index (χ2n) is 6.15. The lowest BCUT2D eigenvalue weighted by atomic mass is 10.1. The molecule has 1 aromatic carbocycles. The molecular formula is C18H20BrN5O4. The molecule has 0 aliphatic heterocycles. The number of hydrogen-bond donors (Lipinski definition) is 2. The molecule has 2 amide bonds. The lowest BCUT2D eigenvalue weighted by Crippen LogP contribution is -2.32. The average molecular weight is 450 g/mol. The van der Waals surface area contributed by atoms with Crippen LogP contribution < -0.4 is 10.6 Å². The van der Waals surface area contributed by atoms with Crippen LogP contribution in [-0.4, -0.2) is 46.8 Å². The summed E-state index contributed by atoms with van der Waals surface area (Å²) in [6, 6.07) is 7.97. The molecule has 0 atom stereocenters. The Balaban J connectivity index is 1.80. The highest BCUT2D eigenvalue weighted by atomic mass is 79.9. The lowest BCUT2D eigenvalue weighted by molar-refractivity contribution is -0.385. The van der Waals surface area contributed by atoms with Gasteiger partial charge in [-0.2, -0.15) is 0 Å². The van der Waals surface area contributed by atoms with E-state index in [2.05, 4.69) is 31.5 Å². The molecule has 1 aromatic heterocycles. The molecule has 2 rings (SSSR count). The number of pyridine rings is 1. The van der Waals surface area contributed by atoms with Gasteiger partial charge in [0, 0.05) is 29.7 Å². The molecule has 2 N–H and O–H groups in total. The molecule has 0 saturated carbocycles. The summed E-state index contributed by atoms with van der Waals surface area (Å²) in [4.78, 5) is 40.4. The highest BCUT2D eigenvalue weighted by Gasteiger charge is 2.15. The summed E-state index contributed by atoms with van der Waals surface area (Å²) in [5, 5.41) is 16.3. The first kappa shape index (κ1) is 21.5. The second-order valence-corrected chi connectivity index (χ2v) is 7.07. The van der Waals surface area contributed by atoms with E-state index in [0.29, 0.717) is 23.6 Å². The summed E-state index contributed by atoms with van der Waals surface area (Å²) >= 11 is 3.27. The topological polar surface area (TPSA) is 117 Å². The van der Waals surface area contributed by atoms with Gasteiger partial charge in [-0.25, -0.2) is 4.98 Å². The number of rotatable bonds is 8. The number of hydrogen-bond acceptors (Lipinski definition) is 6. The summed E-state index contributed by atoms with van der Waals surface area (Å²) in [7, 11) is 1.72. The number of nitro groups is 1. The number of nitrogens with one attached hydrogen (secondary N) is 2. The Bertz CT molecular complexity index is 873. The van der Waals surface area contributed by atoms with Crippen molar-refractivity contribution < 1.29 is 14.5 Å². The van der Waals surface area contributed by atoms with Gasteiger partial charge in [0.25, 0.3) is 5.69 Å². The van der Waals surface area contributed by atoms with Crippen molar-refractivity contribution in [3.63, 3.8) is 0 Å². The molecule has 9 nitrogen and oxygen atoms in total. The minimum Gasteiger partial charge on any atom is -0.326 e. The Morgan fingerprint density at radius 3 is 2.61 bits per heavy atom. The van der Waals surface area contributed by atoms with Gasteiger partial charge in [-0.1, -0.05) is 6.07 Å². The van der Waals surface area contributed by atoms with Crippen molar-refractivity contribution in [3.05, 3.63) is 56.7 Å². The monoisotopic (exact) mass is 449 g/mol. The van der Waals surface area contributed by atoms with Gasteiger partial charge >= 0.3 is 0 Å². The van der Waals surface area contributed by atoms with Crippen molar-refractivity contribution in [1.29, 1.82) is 0 Å². The van der Waals surface area contributed by atoms with Crippen molar-refractivity contribution in [1.82, 2.24) is 9.88 Å². The molecular weight excluding hydrogens is 430 g/mol. The number of benzene rings is 1. The first-order valence-corrected chi connectivity index (χ1v) is 9.19. The van der Waals surface area contributed by atoms with E-state index in [4.69, 9.17) is 0 Å². The molecule has 0 bridgehead atoms. The van der Waals surface area contributed by atoms with Crippen LogP contribution in [0.4, 0.5) is 17.2 Å². The van der Waals surface area contributed by atoms with Crippen LogP contribution in [0.3, 0.4) is 0 Å². The van der Waals surface area contributed by atoms with E-state index in [1.807, 2.05) is 0 Å². The zero-order chi connectivity index (χ0) is 20.7. The number of carbonyl (C=O) groups is 2. The van der Waals surface area contributed by atoms with Crippen molar-refractivity contribution in [2.45, 2.75) is 13.3 Å². The molecule has 2 aromatic rings. The molecule has 0 aliphatic rings. The van der Waals surface area contributed by atoms with Crippen LogP contribution in [0.25, 0.3) is 0 Å². The van der Waals surface area contributed by atoms with Crippen LogP contribution in [-0.2, 0) is 9.59 Å². The number of aromatic nitrogens is 1. The maximum Gasteiger partial charge on any atom is 0.274 e. The molecule has 0 aliphatic carbocycles. The molecule has 0 unspecified atom stereocenters. The second kappa shape index (κ2) is 9.90. The maximum atomic E-state index is 12.1. The van der Waals surface area contributed by atoms with Gasteiger partial charge in [0.2, 0.25) is 11.8 Å². The quantitative estimate of drug-likeness (QED) is 0.472. The van der Waals surface area contributed by atoms with E-state index in [9.17, 15) is 19.7 Å². The fourth-order valence-electron chi connectivity index (χ4n) is 2.42. The standard InChI is InChI=1S/C18H20BrN5O4/c1-12-14(4-3-5-15(12)24(27)28)21-17(25)8-9-23(2)11-18(26)22-16-7-6-13(19)10-20-16/h3-7,10H,8-9,11H2,1-2H3,(H,21,25)(H,20,22,26). The first-order chi connectivity index (χ1) is 13.3. The van der Waals surface area contributed by atoms with E-state index in [1.54, 1.807) is 43.3 Å². The Morgan fingerprint density at radius 1 is 1.21 bits per heavy atom. The third-order valence-electron chi connectivity index (χ3n) is 3.90. The van der Waals surface area contributed by atoms with Crippen LogP contribution in [0.2, 0.25) is 0 Å². The predicted octanol–water partition coefficient (Wildman–Crippen LogP) is 2.96. The largest absolute Gasteiger partial charge is 0.326 e. The van der Waals surface area contributed by atoms with Gasteiger partial charge in [0.15, 0.2) is 0 Å². The Morgan fingerprint density at radius 2 is 1.96 bits per heavy atom. The van der Waals surface area contributed by atoms with E-state index in [-0.39, 0.29) is 30.5 Å². The molecule has 0 fully saturated rings. The van der Waals surface area contributed by atoms with Crippen molar-refractivity contribution >= 4 is 44.9 Å². The molecule has 148 valence electrons. The lowest BCUT2D eigenvalue weighted by Gasteiger charge is -2.16. The number of nitro benzene ring substituents is 1. The predicted molar refractivity (Wildman–Crippen MR) is 109 cm³/mol. The van der Waals surface area contributed by atoms with Crippen LogP contribution >= 0.6 is 15.9 Å². The summed E-state index contributed by atoms with van der Waals surface area (Å²) < 4.78 is 0.813. The van der Waals surface area contributed by atoms with Crippen LogP contribution in [0.1, 0.15) is 12.0 Å². The summed E-state index contributed by atoms with van der Waals surface area (Å²) in [5.74, 6) is -0.0850.